The molecule has 1 aromatic carbocycles. The Morgan fingerprint density at radius 3 is 2.44 bits per heavy atom. The Bertz CT molecular complexity index is 1290. The number of imide groups is 1. The van der Waals surface area contributed by atoms with E-state index >= 15 is 0 Å². The summed E-state index contributed by atoms with van der Waals surface area (Å²) in [6.07, 6.45) is 4.72. The first-order chi connectivity index (χ1) is 16.2. The summed E-state index contributed by atoms with van der Waals surface area (Å²) >= 11 is 6.02. The molecule has 0 radical (unpaired) electrons. The van der Waals surface area contributed by atoms with Gasteiger partial charge in [-0.1, -0.05) is 38.8 Å². The number of pyridine rings is 1. The summed E-state index contributed by atoms with van der Waals surface area (Å²) in [5, 5.41) is 18.8. The van der Waals surface area contributed by atoms with Crippen LogP contribution in [0.3, 0.4) is 0 Å². The Kier molecular flexibility index (Phi) is 6.57. The molecule has 8 heteroatoms. The molecule has 1 aliphatic rings. The van der Waals surface area contributed by atoms with E-state index in [9.17, 15) is 14.7 Å². The van der Waals surface area contributed by atoms with Gasteiger partial charge >= 0.3 is 5.91 Å². The van der Waals surface area contributed by atoms with Crippen LogP contribution in [-0.4, -0.2) is 33.0 Å². The summed E-state index contributed by atoms with van der Waals surface area (Å²) in [4.78, 5) is 28.4. The second-order valence-corrected chi connectivity index (χ2v) is 9.33. The maximum atomic E-state index is 13.7. The standard InChI is InChI=1S/C26H27ClN4O3/c1-5-7-20-21(25(33)31(28-20)19-11-9-18(27)10-12-19)22-23(29-13-6-8-17(4)15-29)26(34)30(24(22)32)14-16(2)3/h6,8-13,15-16H,5,7,14H2,1-4H3. The lowest BCUT2D eigenvalue weighted by molar-refractivity contribution is -0.577. The predicted octanol–water partition coefficient (Wildman–Crippen LogP) is 3.54. The number of rotatable bonds is 7. The Hall–Kier alpha value is -3.45. The van der Waals surface area contributed by atoms with Gasteiger partial charge in [0.1, 0.15) is 5.57 Å². The molecule has 0 atom stereocenters. The summed E-state index contributed by atoms with van der Waals surface area (Å²) in [7, 11) is 0. The molecular formula is C26H27ClN4O3. The number of amides is 2. The van der Waals surface area contributed by atoms with Gasteiger partial charge in [0.15, 0.2) is 12.4 Å². The molecule has 0 bridgehead atoms. The van der Waals surface area contributed by atoms with Crippen LogP contribution in [0, 0.1) is 12.8 Å². The summed E-state index contributed by atoms with van der Waals surface area (Å²) in [6.45, 7) is 8.03. The lowest BCUT2D eigenvalue weighted by atomic mass is 10.0. The monoisotopic (exact) mass is 478 g/mol. The van der Waals surface area contributed by atoms with Crippen LogP contribution in [0.2, 0.25) is 5.02 Å². The molecule has 0 saturated carbocycles. The zero-order valence-corrected chi connectivity index (χ0v) is 20.5. The minimum absolute atomic E-state index is 0.0784. The first-order valence-corrected chi connectivity index (χ1v) is 11.7. The van der Waals surface area contributed by atoms with E-state index in [0.717, 1.165) is 12.0 Å². The normalized spacial score (nSPS) is 14.1. The van der Waals surface area contributed by atoms with Crippen molar-refractivity contribution in [2.24, 2.45) is 5.92 Å². The number of hydrogen-bond donors (Lipinski definition) is 0. The predicted molar refractivity (Wildman–Crippen MR) is 128 cm³/mol. The molecule has 34 heavy (non-hydrogen) atoms. The highest BCUT2D eigenvalue weighted by molar-refractivity contribution is 6.45. The van der Waals surface area contributed by atoms with Crippen LogP contribution in [0.4, 0.5) is 0 Å². The van der Waals surface area contributed by atoms with Crippen LogP contribution in [0.1, 0.15) is 44.0 Å². The third-order valence-electron chi connectivity index (χ3n) is 5.62. The van der Waals surface area contributed by atoms with Crippen molar-refractivity contribution in [1.82, 2.24) is 14.7 Å². The van der Waals surface area contributed by atoms with Gasteiger partial charge in [-0.25, -0.2) is 4.68 Å². The molecule has 0 N–H and O–H groups in total. The van der Waals surface area contributed by atoms with Crippen molar-refractivity contribution in [3.8, 4) is 11.6 Å². The van der Waals surface area contributed by atoms with Gasteiger partial charge in [0.25, 0.3) is 11.6 Å². The molecule has 2 amide bonds. The molecule has 3 aromatic rings. The molecule has 0 fully saturated rings. The molecular weight excluding hydrogens is 452 g/mol. The van der Waals surface area contributed by atoms with Gasteiger partial charge in [-0.15, -0.1) is 0 Å². The van der Waals surface area contributed by atoms with Crippen LogP contribution in [-0.2, 0) is 16.0 Å². The first-order valence-electron chi connectivity index (χ1n) is 11.4. The fourth-order valence-electron chi connectivity index (χ4n) is 4.16. The van der Waals surface area contributed by atoms with Crippen molar-refractivity contribution in [1.29, 1.82) is 0 Å². The number of carbonyl (C=O) groups is 2. The average molecular weight is 479 g/mol. The Balaban J connectivity index is 1.99. The number of aromatic nitrogens is 3. The maximum absolute atomic E-state index is 13.7. The second kappa shape index (κ2) is 9.43. The van der Waals surface area contributed by atoms with Crippen molar-refractivity contribution in [3.63, 3.8) is 0 Å². The van der Waals surface area contributed by atoms with E-state index in [4.69, 9.17) is 11.6 Å². The van der Waals surface area contributed by atoms with Gasteiger partial charge in [0, 0.05) is 28.8 Å². The molecule has 176 valence electrons. The van der Waals surface area contributed by atoms with Gasteiger partial charge in [-0.05, 0) is 55.5 Å². The van der Waals surface area contributed by atoms with Crippen LogP contribution in [0.5, 0.6) is 5.88 Å². The average Bonchev–Trinajstić information content (AvgIpc) is 3.22. The molecule has 3 heterocycles. The number of benzene rings is 1. The fraction of sp³-hybridized carbons (Fsp3) is 0.308. The van der Waals surface area contributed by atoms with Crippen molar-refractivity contribution in [2.75, 3.05) is 6.54 Å². The molecule has 0 spiro atoms. The van der Waals surface area contributed by atoms with Gasteiger partial charge in [0.05, 0.1) is 11.4 Å². The summed E-state index contributed by atoms with van der Waals surface area (Å²) in [6, 6.07) is 10.5. The van der Waals surface area contributed by atoms with Gasteiger partial charge in [-0.2, -0.15) is 9.67 Å². The minimum atomic E-state index is -0.465. The third kappa shape index (κ3) is 4.23. The fourth-order valence-corrected chi connectivity index (χ4v) is 4.28. The van der Waals surface area contributed by atoms with Crippen LogP contribution < -0.4 is 9.67 Å². The molecule has 2 aromatic heterocycles. The number of nitrogens with zero attached hydrogens (tertiary/aromatic N) is 4. The highest BCUT2D eigenvalue weighted by atomic mass is 35.5. The van der Waals surface area contributed by atoms with Crippen molar-refractivity contribution in [2.45, 2.75) is 40.5 Å². The Labute approximate surface area is 203 Å². The van der Waals surface area contributed by atoms with E-state index in [0.29, 0.717) is 22.8 Å². The summed E-state index contributed by atoms with van der Waals surface area (Å²) in [5.41, 5.74) is 2.43. The quantitative estimate of drug-likeness (QED) is 0.384. The highest BCUT2D eigenvalue weighted by Crippen LogP contribution is 2.37. The number of hydrogen-bond acceptors (Lipinski definition) is 4. The van der Waals surface area contributed by atoms with E-state index in [2.05, 4.69) is 5.10 Å². The van der Waals surface area contributed by atoms with Crippen molar-refractivity contribution in [3.05, 3.63) is 70.6 Å². The minimum Gasteiger partial charge on any atom is -0.858 e. The zero-order chi connectivity index (χ0) is 24.6. The van der Waals surface area contributed by atoms with E-state index in [-0.39, 0.29) is 29.3 Å². The third-order valence-corrected chi connectivity index (χ3v) is 5.87. The number of aryl methyl sites for hydroxylation is 2. The first kappa shape index (κ1) is 23.7. The maximum Gasteiger partial charge on any atom is 0.326 e. The van der Waals surface area contributed by atoms with E-state index in [1.54, 1.807) is 41.2 Å². The summed E-state index contributed by atoms with van der Waals surface area (Å²) < 4.78 is 2.92. The Morgan fingerprint density at radius 2 is 1.82 bits per heavy atom. The van der Waals surface area contributed by atoms with Crippen molar-refractivity contribution < 1.29 is 19.3 Å². The smallest absolute Gasteiger partial charge is 0.326 e. The number of halogens is 1. The molecule has 4 rings (SSSR count). The lowest BCUT2D eigenvalue weighted by Gasteiger charge is -2.17. The van der Waals surface area contributed by atoms with Gasteiger partial charge in [-0.3, -0.25) is 14.5 Å². The number of carbonyl (C=O) groups excluding carboxylic acids is 2. The van der Waals surface area contributed by atoms with E-state index < -0.39 is 17.7 Å². The SMILES string of the molecule is CCCc1nn(-c2ccc(Cl)cc2)c([O-])c1C1=C([n+]2cccc(C)c2)C(=O)N(CC(C)C)C1=O. The van der Waals surface area contributed by atoms with Crippen molar-refractivity contribution >= 4 is 34.7 Å². The largest absolute Gasteiger partial charge is 0.858 e. The molecule has 7 nitrogen and oxygen atoms in total. The summed E-state index contributed by atoms with van der Waals surface area (Å²) in [5.74, 6) is -1.23. The second-order valence-electron chi connectivity index (χ2n) is 8.89. The van der Waals surface area contributed by atoms with E-state index in [1.165, 1.54) is 9.58 Å². The lowest BCUT2D eigenvalue weighted by Crippen LogP contribution is -2.41. The molecule has 0 unspecified atom stereocenters. The topological polar surface area (TPSA) is 82.1 Å². The highest BCUT2D eigenvalue weighted by Gasteiger charge is 2.46. The van der Waals surface area contributed by atoms with Crippen LogP contribution >= 0.6 is 11.6 Å². The Morgan fingerprint density at radius 1 is 1.12 bits per heavy atom. The van der Waals surface area contributed by atoms with E-state index in [1.807, 2.05) is 39.8 Å². The molecule has 0 saturated heterocycles. The molecule has 1 aliphatic heterocycles. The van der Waals surface area contributed by atoms with Crippen LogP contribution in [0.15, 0.2) is 48.8 Å². The van der Waals surface area contributed by atoms with Gasteiger partial charge < -0.3 is 5.11 Å². The zero-order valence-electron chi connectivity index (χ0n) is 19.7. The van der Waals surface area contributed by atoms with Crippen LogP contribution in [0.25, 0.3) is 17.0 Å². The molecule has 0 aliphatic carbocycles. The van der Waals surface area contributed by atoms with Gasteiger partial charge in [0.2, 0.25) is 0 Å².